The summed E-state index contributed by atoms with van der Waals surface area (Å²) in [5.41, 5.74) is 1.40. The molecule has 0 bridgehead atoms. The SMILES string of the molecule is O=C(Cc1ccsc1)N1CCC[C@@H](Cc2nc(-c3ccccc3F)no2)C1. The molecule has 3 heterocycles. The first-order valence-electron chi connectivity index (χ1n) is 9.05. The number of nitrogens with zero attached hydrogens (tertiary/aromatic N) is 3. The number of carbonyl (C=O) groups is 1. The Morgan fingerprint density at radius 3 is 3.04 bits per heavy atom. The average molecular weight is 385 g/mol. The van der Waals surface area contributed by atoms with E-state index in [1.165, 1.54) is 6.07 Å². The predicted molar refractivity (Wildman–Crippen MR) is 101 cm³/mol. The smallest absolute Gasteiger partial charge is 0.227 e. The van der Waals surface area contributed by atoms with Gasteiger partial charge in [-0.2, -0.15) is 16.3 Å². The zero-order valence-corrected chi connectivity index (χ0v) is 15.6. The third-order valence-electron chi connectivity index (χ3n) is 4.85. The Morgan fingerprint density at radius 2 is 2.22 bits per heavy atom. The maximum atomic E-state index is 13.9. The molecule has 1 aliphatic heterocycles. The number of benzene rings is 1. The number of likely N-dealkylation sites (tertiary alicyclic amines) is 1. The van der Waals surface area contributed by atoms with Crippen LogP contribution in [0.2, 0.25) is 0 Å². The quantitative estimate of drug-likeness (QED) is 0.667. The van der Waals surface area contributed by atoms with Crippen LogP contribution in [0.1, 0.15) is 24.3 Å². The van der Waals surface area contributed by atoms with Crippen molar-refractivity contribution < 1.29 is 13.7 Å². The molecule has 7 heteroatoms. The van der Waals surface area contributed by atoms with Crippen LogP contribution in [0, 0.1) is 11.7 Å². The zero-order valence-electron chi connectivity index (χ0n) is 14.8. The highest BCUT2D eigenvalue weighted by molar-refractivity contribution is 7.08. The first-order valence-corrected chi connectivity index (χ1v) is 9.99. The third kappa shape index (κ3) is 4.24. The lowest BCUT2D eigenvalue weighted by Crippen LogP contribution is -2.41. The van der Waals surface area contributed by atoms with Crippen molar-refractivity contribution in [2.75, 3.05) is 13.1 Å². The number of hydrogen-bond donors (Lipinski definition) is 0. The van der Waals surface area contributed by atoms with Gasteiger partial charge in [0.1, 0.15) is 5.82 Å². The molecule has 140 valence electrons. The Labute approximate surface area is 160 Å². The summed E-state index contributed by atoms with van der Waals surface area (Å²) in [4.78, 5) is 18.8. The van der Waals surface area contributed by atoms with E-state index in [1.807, 2.05) is 21.7 Å². The van der Waals surface area contributed by atoms with Crippen molar-refractivity contribution in [3.05, 3.63) is 58.4 Å². The summed E-state index contributed by atoms with van der Waals surface area (Å²) in [6.07, 6.45) is 3.03. The van der Waals surface area contributed by atoms with Crippen LogP contribution in [0.25, 0.3) is 11.4 Å². The number of halogens is 1. The molecule has 0 radical (unpaired) electrons. The second kappa shape index (κ2) is 8.00. The molecule has 2 aromatic heterocycles. The van der Waals surface area contributed by atoms with Gasteiger partial charge in [0.25, 0.3) is 0 Å². The van der Waals surface area contributed by atoms with E-state index in [0.29, 0.717) is 30.8 Å². The van der Waals surface area contributed by atoms with Gasteiger partial charge in [0.2, 0.25) is 17.6 Å². The number of amides is 1. The van der Waals surface area contributed by atoms with E-state index in [-0.39, 0.29) is 23.5 Å². The molecule has 0 N–H and O–H groups in total. The first-order chi connectivity index (χ1) is 13.2. The molecular formula is C20H20FN3O2S. The lowest BCUT2D eigenvalue weighted by Gasteiger charge is -2.32. The van der Waals surface area contributed by atoms with Crippen LogP contribution in [0.4, 0.5) is 4.39 Å². The fourth-order valence-corrected chi connectivity index (χ4v) is 4.14. The molecule has 3 aromatic rings. The maximum absolute atomic E-state index is 13.9. The van der Waals surface area contributed by atoms with Crippen molar-refractivity contribution in [2.24, 2.45) is 5.92 Å². The van der Waals surface area contributed by atoms with Gasteiger partial charge in [-0.1, -0.05) is 17.3 Å². The second-order valence-electron chi connectivity index (χ2n) is 6.85. The molecule has 1 saturated heterocycles. The first kappa shape index (κ1) is 17.9. The van der Waals surface area contributed by atoms with Gasteiger partial charge in [-0.3, -0.25) is 4.79 Å². The average Bonchev–Trinajstić information content (AvgIpc) is 3.34. The van der Waals surface area contributed by atoms with E-state index in [1.54, 1.807) is 29.5 Å². The second-order valence-corrected chi connectivity index (χ2v) is 7.63. The summed E-state index contributed by atoms with van der Waals surface area (Å²) in [6.45, 7) is 1.49. The lowest BCUT2D eigenvalue weighted by molar-refractivity contribution is -0.132. The Morgan fingerprint density at radius 1 is 1.33 bits per heavy atom. The van der Waals surface area contributed by atoms with Crippen molar-refractivity contribution >= 4 is 17.2 Å². The molecule has 0 saturated carbocycles. The van der Waals surface area contributed by atoms with Crippen molar-refractivity contribution in [2.45, 2.75) is 25.7 Å². The molecular weight excluding hydrogens is 365 g/mol. The van der Waals surface area contributed by atoms with Crippen molar-refractivity contribution in [3.8, 4) is 11.4 Å². The predicted octanol–water partition coefficient (Wildman–Crippen LogP) is 3.96. The highest BCUT2D eigenvalue weighted by atomic mass is 32.1. The van der Waals surface area contributed by atoms with Gasteiger partial charge in [0, 0.05) is 19.5 Å². The van der Waals surface area contributed by atoms with Gasteiger partial charge >= 0.3 is 0 Å². The number of thiophene rings is 1. The van der Waals surface area contributed by atoms with Crippen LogP contribution in [-0.4, -0.2) is 34.0 Å². The molecule has 4 rings (SSSR count). The Kier molecular flexibility index (Phi) is 5.29. The fourth-order valence-electron chi connectivity index (χ4n) is 3.47. The van der Waals surface area contributed by atoms with E-state index < -0.39 is 0 Å². The van der Waals surface area contributed by atoms with Crippen molar-refractivity contribution in [1.82, 2.24) is 15.0 Å². The number of carbonyl (C=O) groups excluding carboxylic acids is 1. The van der Waals surface area contributed by atoms with Gasteiger partial charge in [0.15, 0.2) is 0 Å². The van der Waals surface area contributed by atoms with Crippen LogP contribution >= 0.6 is 11.3 Å². The normalized spacial score (nSPS) is 17.2. The van der Waals surface area contributed by atoms with Gasteiger partial charge < -0.3 is 9.42 Å². The van der Waals surface area contributed by atoms with E-state index in [9.17, 15) is 9.18 Å². The highest BCUT2D eigenvalue weighted by Crippen LogP contribution is 2.24. The largest absolute Gasteiger partial charge is 0.342 e. The Bertz CT molecular complexity index is 910. The monoisotopic (exact) mass is 385 g/mol. The van der Waals surface area contributed by atoms with E-state index in [0.717, 1.165) is 24.9 Å². The van der Waals surface area contributed by atoms with E-state index in [4.69, 9.17) is 4.52 Å². The molecule has 1 atom stereocenters. The third-order valence-corrected chi connectivity index (χ3v) is 5.59. The highest BCUT2D eigenvalue weighted by Gasteiger charge is 2.25. The summed E-state index contributed by atoms with van der Waals surface area (Å²) in [7, 11) is 0. The topological polar surface area (TPSA) is 59.2 Å². The van der Waals surface area contributed by atoms with Crippen LogP contribution < -0.4 is 0 Å². The Hall–Kier alpha value is -2.54. The van der Waals surface area contributed by atoms with Gasteiger partial charge in [-0.05, 0) is 53.3 Å². The summed E-state index contributed by atoms with van der Waals surface area (Å²) in [5, 5.41) is 7.92. The molecule has 1 aromatic carbocycles. The molecule has 1 aliphatic rings. The van der Waals surface area contributed by atoms with E-state index in [2.05, 4.69) is 10.1 Å². The molecule has 5 nitrogen and oxygen atoms in total. The molecule has 1 fully saturated rings. The number of rotatable bonds is 5. The minimum atomic E-state index is -0.368. The summed E-state index contributed by atoms with van der Waals surface area (Å²) < 4.78 is 19.2. The standard InChI is InChI=1S/C20H20FN3O2S/c21-17-6-2-1-5-16(17)20-22-18(26-23-20)10-14-4-3-8-24(12-14)19(25)11-15-7-9-27-13-15/h1-2,5-7,9,13-14H,3-4,8,10-12H2/t14-/m0/s1. The van der Waals surface area contributed by atoms with Crippen LogP contribution in [0.15, 0.2) is 45.6 Å². The van der Waals surface area contributed by atoms with Crippen molar-refractivity contribution in [1.29, 1.82) is 0 Å². The Balaban J connectivity index is 1.38. The van der Waals surface area contributed by atoms with E-state index >= 15 is 0 Å². The summed E-state index contributed by atoms with van der Waals surface area (Å²) in [6, 6.07) is 8.38. The maximum Gasteiger partial charge on any atom is 0.227 e. The van der Waals surface area contributed by atoms with Gasteiger partial charge in [0.05, 0.1) is 12.0 Å². The fraction of sp³-hybridized carbons (Fsp3) is 0.350. The summed E-state index contributed by atoms with van der Waals surface area (Å²) in [5.74, 6) is 0.831. The number of piperidine rings is 1. The molecule has 1 amide bonds. The van der Waals surface area contributed by atoms with Crippen molar-refractivity contribution in [3.63, 3.8) is 0 Å². The minimum Gasteiger partial charge on any atom is -0.342 e. The molecule has 0 aliphatic carbocycles. The minimum absolute atomic E-state index is 0.163. The van der Waals surface area contributed by atoms with Crippen LogP contribution in [-0.2, 0) is 17.6 Å². The molecule has 0 spiro atoms. The number of hydrogen-bond acceptors (Lipinski definition) is 5. The molecule has 0 unspecified atom stereocenters. The zero-order chi connectivity index (χ0) is 18.6. The van der Waals surface area contributed by atoms with Crippen LogP contribution in [0.5, 0.6) is 0 Å². The lowest BCUT2D eigenvalue weighted by atomic mass is 9.94. The molecule has 27 heavy (non-hydrogen) atoms. The van der Waals surface area contributed by atoms with Gasteiger partial charge in [-0.15, -0.1) is 0 Å². The summed E-state index contributed by atoms with van der Waals surface area (Å²) >= 11 is 1.61. The van der Waals surface area contributed by atoms with Gasteiger partial charge in [-0.25, -0.2) is 4.39 Å². The van der Waals surface area contributed by atoms with Crippen LogP contribution in [0.3, 0.4) is 0 Å². The number of aromatic nitrogens is 2.